The number of anilines is 2. The molecule has 0 atom stereocenters. The van der Waals surface area contributed by atoms with E-state index in [9.17, 15) is 4.79 Å². The smallest absolute Gasteiger partial charge is 0.256 e. The van der Waals surface area contributed by atoms with Gasteiger partial charge in [0.05, 0.1) is 5.69 Å². The molecule has 0 aliphatic heterocycles. The molecule has 2 aromatic rings. The summed E-state index contributed by atoms with van der Waals surface area (Å²) in [5.41, 5.74) is 1.45. The molecular weight excluding hydrogens is 394 g/mol. The Hall–Kier alpha value is -1.71. The fraction of sp³-hybridized carbons (Fsp3) is 0.579. The molecule has 156 valence electrons. The van der Waals surface area contributed by atoms with Crippen LogP contribution < -0.4 is 10.6 Å². The lowest BCUT2D eigenvalue weighted by Crippen LogP contribution is -2.26. The van der Waals surface area contributed by atoms with Crippen LogP contribution in [0.25, 0.3) is 0 Å². The van der Waals surface area contributed by atoms with Crippen molar-refractivity contribution in [1.29, 1.82) is 0 Å². The van der Waals surface area contributed by atoms with Crippen LogP contribution in [0.4, 0.5) is 10.9 Å². The molecule has 1 aliphatic rings. The minimum absolute atomic E-state index is 0.0152. The largest absolute Gasteiger partial charge is 0.400 e. The van der Waals surface area contributed by atoms with Crippen LogP contribution in [0.2, 0.25) is 0 Å². The number of carbonyl (C=O) groups is 1. The summed E-state index contributed by atoms with van der Waals surface area (Å²) < 4.78 is 0. The summed E-state index contributed by atoms with van der Waals surface area (Å²) in [5, 5.41) is 16.6. The van der Waals surface area contributed by atoms with Gasteiger partial charge in [-0.15, -0.1) is 11.3 Å². The molecule has 1 fully saturated rings. The molecule has 0 radical (unpaired) electrons. The first-order valence-electron chi connectivity index (χ1n) is 9.26. The van der Waals surface area contributed by atoms with Gasteiger partial charge in [-0.1, -0.05) is 46.4 Å². The van der Waals surface area contributed by atoms with Gasteiger partial charge >= 0.3 is 0 Å². The van der Waals surface area contributed by atoms with E-state index in [1.807, 2.05) is 25.5 Å². The maximum atomic E-state index is 12.4. The number of aliphatic hydroxyl groups excluding tert-OH is 1. The van der Waals surface area contributed by atoms with Gasteiger partial charge in [0, 0.05) is 30.1 Å². The quantitative estimate of drug-likeness (QED) is 0.487. The van der Waals surface area contributed by atoms with E-state index in [1.54, 1.807) is 6.20 Å². The van der Waals surface area contributed by atoms with Crippen molar-refractivity contribution < 1.29 is 9.90 Å². The van der Waals surface area contributed by atoms with Crippen molar-refractivity contribution in [1.82, 2.24) is 20.3 Å². The van der Waals surface area contributed by atoms with Gasteiger partial charge in [-0.25, -0.2) is 15.0 Å². The van der Waals surface area contributed by atoms with Crippen molar-refractivity contribution in [3.8, 4) is 0 Å². The Kier molecular flexibility index (Phi) is 9.84. The summed E-state index contributed by atoms with van der Waals surface area (Å²) in [6, 6.07) is 0.290. The zero-order valence-corrected chi connectivity index (χ0v) is 19.3. The molecule has 0 saturated heterocycles. The molecule has 1 saturated carbocycles. The SMILES string of the molecule is CC.CO.CSc1ncc(C(=O)NC2CC2)c(Nc2nc(C(C)(C)C)cs2)n1. The minimum Gasteiger partial charge on any atom is -0.400 e. The Morgan fingerprint density at radius 3 is 2.39 bits per heavy atom. The molecule has 0 spiro atoms. The van der Waals surface area contributed by atoms with Gasteiger partial charge in [-0.2, -0.15) is 0 Å². The molecule has 28 heavy (non-hydrogen) atoms. The summed E-state index contributed by atoms with van der Waals surface area (Å²) in [5.74, 6) is 0.363. The highest BCUT2D eigenvalue weighted by Gasteiger charge is 2.26. The summed E-state index contributed by atoms with van der Waals surface area (Å²) >= 11 is 2.95. The molecule has 9 heteroatoms. The van der Waals surface area contributed by atoms with Gasteiger partial charge in [-0.3, -0.25) is 4.79 Å². The van der Waals surface area contributed by atoms with E-state index in [2.05, 4.69) is 46.4 Å². The van der Waals surface area contributed by atoms with Crippen LogP contribution >= 0.6 is 23.1 Å². The highest BCUT2D eigenvalue weighted by Crippen LogP contribution is 2.29. The van der Waals surface area contributed by atoms with Crippen molar-refractivity contribution in [2.24, 2.45) is 0 Å². The molecule has 0 unspecified atom stereocenters. The highest BCUT2D eigenvalue weighted by molar-refractivity contribution is 7.98. The topological polar surface area (TPSA) is 100 Å². The van der Waals surface area contributed by atoms with E-state index >= 15 is 0 Å². The average molecular weight is 426 g/mol. The van der Waals surface area contributed by atoms with Gasteiger partial charge in [0.1, 0.15) is 11.4 Å². The third-order valence-electron chi connectivity index (χ3n) is 3.60. The van der Waals surface area contributed by atoms with Gasteiger partial charge in [0.15, 0.2) is 10.3 Å². The average Bonchev–Trinajstić information content (AvgIpc) is 3.37. The number of amides is 1. The van der Waals surface area contributed by atoms with Crippen molar-refractivity contribution in [2.75, 3.05) is 18.7 Å². The van der Waals surface area contributed by atoms with E-state index in [0.717, 1.165) is 30.8 Å². The second kappa shape index (κ2) is 11.3. The number of aliphatic hydroxyl groups is 1. The predicted octanol–water partition coefficient (Wildman–Crippen LogP) is 4.22. The van der Waals surface area contributed by atoms with Crippen LogP contribution in [0.15, 0.2) is 16.7 Å². The second-order valence-corrected chi connectivity index (χ2v) is 8.41. The number of nitrogens with one attached hydrogen (secondary N) is 2. The monoisotopic (exact) mass is 425 g/mol. The maximum Gasteiger partial charge on any atom is 0.256 e. The minimum atomic E-state index is -0.139. The molecule has 0 aromatic carbocycles. The van der Waals surface area contributed by atoms with Crippen LogP contribution in [-0.2, 0) is 5.41 Å². The Morgan fingerprint density at radius 2 is 1.89 bits per heavy atom. The van der Waals surface area contributed by atoms with E-state index in [4.69, 9.17) is 5.11 Å². The lowest BCUT2D eigenvalue weighted by atomic mass is 9.93. The fourth-order valence-corrected chi connectivity index (χ4v) is 3.27. The molecule has 2 heterocycles. The van der Waals surface area contributed by atoms with E-state index in [1.165, 1.54) is 23.1 Å². The van der Waals surface area contributed by atoms with E-state index in [0.29, 0.717) is 16.5 Å². The standard InChI is InChI=1S/C16H21N5OS2.C2H6.CH4O/c1-16(2,3)11-8-24-15(19-11)21-12-10(7-17-14(20-12)23-4)13(22)18-9-5-6-9;2*1-2/h7-9H,5-6H2,1-4H3,(H,18,22)(H,17,19,20,21);1-2H3;2H,1H3. The summed E-state index contributed by atoms with van der Waals surface area (Å²) in [4.78, 5) is 25.7. The van der Waals surface area contributed by atoms with Crippen LogP contribution in [0.3, 0.4) is 0 Å². The Bertz CT molecular complexity index is 755. The van der Waals surface area contributed by atoms with Gasteiger partial charge in [0.2, 0.25) is 0 Å². The van der Waals surface area contributed by atoms with Crippen LogP contribution in [0.5, 0.6) is 0 Å². The number of carbonyl (C=O) groups excluding carboxylic acids is 1. The normalized spacial score (nSPS) is 12.9. The molecule has 1 aliphatic carbocycles. The number of hydrogen-bond acceptors (Lipinski definition) is 8. The summed E-state index contributed by atoms with van der Waals surface area (Å²) in [6.07, 6.45) is 5.57. The lowest BCUT2D eigenvalue weighted by Gasteiger charge is -2.14. The number of thioether (sulfide) groups is 1. The Morgan fingerprint density at radius 1 is 1.25 bits per heavy atom. The second-order valence-electron chi connectivity index (χ2n) is 6.78. The van der Waals surface area contributed by atoms with Crippen molar-refractivity contribution >= 4 is 40.0 Å². The van der Waals surface area contributed by atoms with Gasteiger partial charge < -0.3 is 15.7 Å². The highest BCUT2D eigenvalue weighted by atomic mass is 32.2. The Balaban J connectivity index is 0.000000921. The van der Waals surface area contributed by atoms with E-state index < -0.39 is 0 Å². The maximum absolute atomic E-state index is 12.4. The predicted molar refractivity (Wildman–Crippen MR) is 118 cm³/mol. The first-order valence-corrected chi connectivity index (χ1v) is 11.4. The van der Waals surface area contributed by atoms with Crippen LogP contribution in [0, 0.1) is 0 Å². The Labute approximate surface area is 175 Å². The molecule has 3 N–H and O–H groups in total. The fourth-order valence-electron chi connectivity index (χ4n) is 1.99. The van der Waals surface area contributed by atoms with Crippen molar-refractivity contribution in [3.63, 3.8) is 0 Å². The van der Waals surface area contributed by atoms with Gasteiger partial charge in [0.25, 0.3) is 5.91 Å². The van der Waals surface area contributed by atoms with Crippen molar-refractivity contribution in [2.45, 2.75) is 64.1 Å². The molecule has 0 bridgehead atoms. The molecule has 1 amide bonds. The first kappa shape index (κ1) is 24.3. The van der Waals surface area contributed by atoms with Crippen LogP contribution in [-0.4, -0.2) is 45.4 Å². The summed E-state index contributed by atoms with van der Waals surface area (Å²) in [6.45, 7) is 10.4. The molecule has 3 rings (SSSR count). The molecule has 2 aromatic heterocycles. The third kappa shape index (κ3) is 7.03. The number of aromatic nitrogens is 3. The zero-order valence-electron chi connectivity index (χ0n) is 17.7. The number of nitrogens with zero attached hydrogens (tertiary/aromatic N) is 3. The van der Waals surface area contributed by atoms with Crippen molar-refractivity contribution in [3.05, 3.63) is 22.8 Å². The first-order chi connectivity index (χ1) is 13.4. The number of thiazole rings is 1. The third-order valence-corrected chi connectivity index (χ3v) is 4.92. The number of hydrogen-bond donors (Lipinski definition) is 3. The molecule has 7 nitrogen and oxygen atoms in total. The molecular formula is C19H31N5O2S2. The van der Waals surface area contributed by atoms with Crippen LogP contribution in [0.1, 0.15) is 63.5 Å². The summed E-state index contributed by atoms with van der Waals surface area (Å²) in [7, 11) is 1.00. The van der Waals surface area contributed by atoms with E-state index in [-0.39, 0.29) is 17.4 Å². The lowest BCUT2D eigenvalue weighted by molar-refractivity contribution is 0.0951. The zero-order chi connectivity index (χ0) is 21.3. The van der Waals surface area contributed by atoms with Gasteiger partial charge in [-0.05, 0) is 19.1 Å². The number of rotatable bonds is 5.